The highest BCUT2D eigenvalue weighted by Gasteiger charge is 2.01. The van der Waals surface area contributed by atoms with Crippen LogP contribution in [-0.2, 0) is 16.1 Å². The maximum Gasteiger partial charge on any atom is 0.185 e. The van der Waals surface area contributed by atoms with Crippen LogP contribution in [0.15, 0.2) is 84.9 Å². The van der Waals surface area contributed by atoms with E-state index in [0.29, 0.717) is 19.0 Å². The Balaban J connectivity index is 1.63. The molecule has 0 aromatic heterocycles. The first-order chi connectivity index (χ1) is 13.3. The number of allylic oxidation sites excluding steroid dienone is 1. The lowest BCUT2D eigenvalue weighted by molar-refractivity contribution is -0.0390. The first-order valence-electron chi connectivity index (χ1n) is 8.80. The van der Waals surface area contributed by atoms with E-state index in [-0.39, 0.29) is 5.78 Å². The molecule has 0 amide bonds. The quantitative estimate of drug-likeness (QED) is 0.235. The molecule has 0 heterocycles. The lowest BCUT2D eigenvalue weighted by Crippen LogP contribution is -1.96. The van der Waals surface area contributed by atoms with Crippen LogP contribution in [0, 0.1) is 0 Å². The molecular weight excluding hydrogens is 336 g/mol. The molecule has 0 saturated carbocycles. The van der Waals surface area contributed by atoms with Crippen LogP contribution in [-0.4, -0.2) is 19.7 Å². The van der Waals surface area contributed by atoms with Crippen molar-refractivity contribution in [1.29, 1.82) is 0 Å². The molecule has 0 unspecified atom stereocenters. The Labute approximate surface area is 159 Å². The lowest BCUT2D eigenvalue weighted by Gasteiger charge is -2.06. The van der Waals surface area contributed by atoms with Gasteiger partial charge in [-0.05, 0) is 28.3 Å². The minimum atomic E-state index is 0.00552. The number of benzene rings is 3. The Kier molecular flexibility index (Phi) is 6.69. The third-order valence-corrected chi connectivity index (χ3v) is 4.15. The number of carbonyl (C=O) groups is 1. The van der Waals surface area contributed by atoms with E-state index in [4.69, 9.17) is 9.47 Å². The predicted octanol–water partition coefficient (Wildman–Crippen LogP) is 5.37. The molecule has 27 heavy (non-hydrogen) atoms. The molecule has 0 fully saturated rings. The normalized spacial score (nSPS) is 11.0. The van der Waals surface area contributed by atoms with E-state index in [2.05, 4.69) is 36.4 Å². The number of hydrogen-bond acceptors (Lipinski definition) is 3. The zero-order valence-electron chi connectivity index (χ0n) is 15.3. The van der Waals surface area contributed by atoms with Crippen molar-refractivity contribution in [2.45, 2.75) is 6.61 Å². The highest BCUT2D eigenvalue weighted by Crippen LogP contribution is 2.21. The van der Waals surface area contributed by atoms with E-state index < -0.39 is 0 Å². The van der Waals surface area contributed by atoms with E-state index in [1.807, 2.05) is 48.5 Å². The fourth-order valence-corrected chi connectivity index (χ4v) is 2.69. The Morgan fingerprint density at radius 1 is 0.852 bits per heavy atom. The lowest BCUT2D eigenvalue weighted by atomic mass is 10.0. The van der Waals surface area contributed by atoms with Crippen molar-refractivity contribution >= 4 is 11.9 Å². The average molecular weight is 358 g/mol. The molecule has 3 rings (SSSR count). The Morgan fingerprint density at radius 2 is 1.48 bits per heavy atom. The van der Waals surface area contributed by atoms with Crippen LogP contribution in [0.5, 0.6) is 0 Å². The summed E-state index contributed by atoms with van der Waals surface area (Å²) in [5.74, 6) is 0.00552. The van der Waals surface area contributed by atoms with Gasteiger partial charge in [0.1, 0.15) is 6.79 Å². The van der Waals surface area contributed by atoms with Gasteiger partial charge in [-0.2, -0.15) is 0 Å². The molecular formula is C24H22O3. The van der Waals surface area contributed by atoms with E-state index in [0.717, 1.165) is 22.3 Å². The highest BCUT2D eigenvalue weighted by molar-refractivity contribution is 6.06. The number of hydrogen-bond donors (Lipinski definition) is 0. The number of ketones is 1. The molecule has 0 aliphatic heterocycles. The maximum atomic E-state index is 12.1. The highest BCUT2D eigenvalue weighted by atomic mass is 16.7. The molecule has 0 atom stereocenters. The fourth-order valence-electron chi connectivity index (χ4n) is 2.69. The predicted molar refractivity (Wildman–Crippen MR) is 108 cm³/mol. The van der Waals surface area contributed by atoms with Crippen LogP contribution in [0.3, 0.4) is 0 Å². The minimum Gasteiger partial charge on any atom is -0.359 e. The summed E-state index contributed by atoms with van der Waals surface area (Å²) in [6.45, 7) is 0.830. The third kappa shape index (κ3) is 5.48. The molecule has 136 valence electrons. The number of carbonyl (C=O) groups excluding carboxylic acids is 1. The number of ether oxygens (including phenoxy) is 2. The van der Waals surface area contributed by atoms with Crippen LogP contribution in [0.4, 0.5) is 0 Å². The Hall–Kier alpha value is -3.01. The van der Waals surface area contributed by atoms with E-state index >= 15 is 0 Å². The Morgan fingerprint density at radius 3 is 2.11 bits per heavy atom. The van der Waals surface area contributed by atoms with Crippen molar-refractivity contribution < 1.29 is 14.3 Å². The van der Waals surface area contributed by atoms with Gasteiger partial charge in [0.15, 0.2) is 5.78 Å². The molecule has 0 bridgehead atoms. The van der Waals surface area contributed by atoms with Gasteiger partial charge in [0.2, 0.25) is 0 Å². The van der Waals surface area contributed by atoms with Gasteiger partial charge in [-0.15, -0.1) is 0 Å². The summed E-state index contributed by atoms with van der Waals surface area (Å²) in [5, 5.41) is 0. The Bertz CT molecular complexity index is 879. The largest absolute Gasteiger partial charge is 0.359 e. The molecule has 0 N–H and O–H groups in total. The zero-order valence-corrected chi connectivity index (χ0v) is 15.3. The standard InChI is InChI=1S/C24H22O3/c1-26-18-27-17-20-9-14-22(15-10-20)21-12-7-19(8-13-21)11-16-24(25)23-5-3-2-4-6-23/h2-16H,17-18H2,1H3/b16-11+. The van der Waals surface area contributed by atoms with Crippen molar-refractivity contribution in [3.05, 3.63) is 102 Å². The molecule has 3 heteroatoms. The van der Waals surface area contributed by atoms with Gasteiger partial charge < -0.3 is 9.47 Å². The van der Waals surface area contributed by atoms with Gasteiger partial charge in [-0.1, -0.05) is 84.9 Å². The number of methoxy groups -OCH3 is 1. The van der Waals surface area contributed by atoms with Crippen LogP contribution < -0.4 is 0 Å². The summed E-state index contributed by atoms with van der Waals surface area (Å²) in [6.07, 6.45) is 3.45. The molecule has 3 aromatic rings. The second kappa shape index (κ2) is 9.62. The number of rotatable bonds is 8. The van der Waals surface area contributed by atoms with Gasteiger partial charge in [0.05, 0.1) is 6.61 Å². The van der Waals surface area contributed by atoms with Gasteiger partial charge in [0.25, 0.3) is 0 Å². The molecule has 3 aromatic carbocycles. The topological polar surface area (TPSA) is 35.5 Å². The molecule has 0 spiro atoms. The molecule has 0 saturated heterocycles. The van der Waals surface area contributed by atoms with Gasteiger partial charge in [0, 0.05) is 12.7 Å². The van der Waals surface area contributed by atoms with Crippen molar-refractivity contribution in [1.82, 2.24) is 0 Å². The van der Waals surface area contributed by atoms with Gasteiger partial charge in [-0.3, -0.25) is 4.79 Å². The second-order valence-corrected chi connectivity index (χ2v) is 6.14. The zero-order chi connectivity index (χ0) is 18.9. The second-order valence-electron chi connectivity index (χ2n) is 6.14. The van der Waals surface area contributed by atoms with Crippen molar-refractivity contribution in [2.24, 2.45) is 0 Å². The average Bonchev–Trinajstić information content (AvgIpc) is 2.74. The minimum absolute atomic E-state index is 0.00552. The van der Waals surface area contributed by atoms with Gasteiger partial charge in [-0.25, -0.2) is 0 Å². The van der Waals surface area contributed by atoms with Crippen molar-refractivity contribution in [3.63, 3.8) is 0 Å². The molecule has 3 nitrogen and oxygen atoms in total. The first-order valence-corrected chi connectivity index (χ1v) is 8.80. The van der Waals surface area contributed by atoms with Crippen LogP contribution in [0.1, 0.15) is 21.5 Å². The molecule has 0 aliphatic carbocycles. The van der Waals surface area contributed by atoms with Crippen LogP contribution >= 0.6 is 0 Å². The summed E-state index contributed by atoms with van der Waals surface area (Å²) in [5.41, 5.74) is 5.06. The van der Waals surface area contributed by atoms with Crippen LogP contribution in [0.2, 0.25) is 0 Å². The van der Waals surface area contributed by atoms with E-state index in [9.17, 15) is 4.79 Å². The smallest absolute Gasteiger partial charge is 0.185 e. The summed E-state index contributed by atoms with van der Waals surface area (Å²) >= 11 is 0. The van der Waals surface area contributed by atoms with E-state index in [1.54, 1.807) is 13.2 Å². The fraction of sp³-hybridized carbons (Fsp3) is 0.125. The summed E-state index contributed by atoms with van der Waals surface area (Å²) in [4.78, 5) is 12.1. The summed E-state index contributed by atoms with van der Waals surface area (Å²) in [6, 6.07) is 25.7. The summed E-state index contributed by atoms with van der Waals surface area (Å²) < 4.78 is 10.2. The third-order valence-electron chi connectivity index (χ3n) is 4.15. The summed E-state index contributed by atoms with van der Waals surface area (Å²) in [7, 11) is 1.61. The van der Waals surface area contributed by atoms with Crippen LogP contribution in [0.25, 0.3) is 17.2 Å². The monoisotopic (exact) mass is 358 g/mol. The van der Waals surface area contributed by atoms with Crippen molar-refractivity contribution in [3.8, 4) is 11.1 Å². The van der Waals surface area contributed by atoms with E-state index in [1.165, 1.54) is 0 Å². The van der Waals surface area contributed by atoms with Gasteiger partial charge >= 0.3 is 0 Å². The molecule has 0 aliphatic rings. The SMILES string of the molecule is COCOCc1ccc(-c2ccc(/C=C/C(=O)c3ccccc3)cc2)cc1. The van der Waals surface area contributed by atoms with Crippen molar-refractivity contribution in [2.75, 3.05) is 13.9 Å². The molecule has 0 radical (unpaired) electrons. The first kappa shape index (κ1) is 18.8. The maximum absolute atomic E-state index is 12.1.